The topological polar surface area (TPSA) is 52.3 Å². The molecule has 5 heteroatoms. The van der Waals surface area contributed by atoms with Gasteiger partial charge in [-0.3, -0.25) is 4.79 Å². The molecular weight excluding hydrogens is 257 g/mol. The van der Waals surface area contributed by atoms with Crippen molar-refractivity contribution in [2.24, 2.45) is 5.73 Å². The molecule has 0 amide bonds. The first-order chi connectivity index (χ1) is 8.51. The molecule has 2 N–H and O–H groups in total. The van der Waals surface area contributed by atoms with Crippen molar-refractivity contribution in [3.63, 3.8) is 0 Å². The summed E-state index contributed by atoms with van der Waals surface area (Å²) in [6, 6.07) is 4.03. The van der Waals surface area contributed by atoms with E-state index in [1.807, 2.05) is 0 Å². The van der Waals surface area contributed by atoms with E-state index in [9.17, 15) is 9.18 Å². The van der Waals surface area contributed by atoms with Crippen molar-refractivity contribution in [1.82, 2.24) is 0 Å². The number of rotatable bonds is 3. The third-order valence-electron chi connectivity index (χ3n) is 3.31. The van der Waals surface area contributed by atoms with E-state index in [0.717, 1.165) is 0 Å². The van der Waals surface area contributed by atoms with E-state index in [0.29, 0.717) is 31.6 Å². The van der Waals surface area contributed by atoms with Gasteiger partial charge >= 0.3 is 0 Å². The highest BCUT2D eigenvalue weighted by molar-refractivity contribution is 6.31. The molecule has 0 radical (unpaired) electrons. The Bertz CT molecular complexity index is 458. The number of hydrogen-bond acceptors (Lipinski definition) is 3. The fourth-order valence-electron chi connectivity index (χ4n) is 2.03. The number of hydrogen-bond donors (Lipinski definition) is 1. The van der Waals surface area contributed by atoms with Gasteiger partial charge in [0.25, 0.3) is 0 Å². The first kappa shape index (κ1) is 13.5. The molecule has 1 heterocycles. The first-order valence-corrected chi connectivity index (χ1v) is 6.23. The van der Waals surface area contributed by atoms with Crippen LogP contribution in [0.3, 0.4) is 0 Å². The van der Waals surface area contributed by atoms with Crippen molar-refractivity contribution in [2.75, 3.05) is 13.2 Å². The van der Waals surface area contributed by atoms with Crippen LogP contribution < -0.4 is 5.73 Å². The Morgan fingerprint density at radius 3 is 2.72 bits per heavy atom. The fraction of sp³-hybridized carbons (Fsp3) is 0.462. The predicted molar refractivity (Wildman–Crippen MR) is 67.1 cm³/mol. The molecule has 1 fully saturated rings. The Labute approximate surface area is 110 Å². The number of ketones is 1. The second-order valence-electron chi connectivity index (χ2n) is 4.60. The molecule has 1 aromatic carbocycles. The average Bonchev–Trinajstić information content (AvgIpc) is 2.33. The SMILES string of the molecule is NC1(C(=O)Cc2ccc(F)cc2Cl)CCOCC1. The van der Waals surface area contributed by atoms with Gasteiger partial charge in [-0.25, -0.2) is 4.39 Å². The monoisotopic (exact) mass is 271 g/mol. The number of ether oxygens (including phenoxy) is 1. The summed E-state index contributed by atoms with van der Waals surface area (Å²) in [6.07, 6.45) is 1.17. The van der Waals surface area contributed by atoms with Crippen molar-refractivity contribution >= 4 is 17.4 Å². The van der Waals surface area contributed by atoms with Crippen LogP contribution in [-0.2, 0) is 16.0 Å². The van der Waals surface area contributed by atoms with Gasteiger partial charge in [-0.15, -0.1) is 0 Å². The Balaban J connectivity index is 2.11. The fourth-order valence-corrected chi connectivity index (χ4v) is 2.26. The Morgan fingerprint density at radius 1 is 1.44 bits per heavy atom. The second-order valence-corrected chi connectivity index (χ2v) is 5.01. The summed E-state index contributed by atoms with van der Waals surface area (Å²) in [4.78, 5) is 12.2. The minimum atomic E-state index is -0.837. The van der Waals surface area contributed by atoms with Gasteiger partial charge in [0.2, 0.25) is 0 Å². The van der Waals surface area contributed by atoms with Gasteiger partial charge in [-0.2, -0.15) is 0 Å². The van der Waals surface area contributed by atoms with Crippen molar-refractivity contribution in [3.05, 3.63) is 34.6 Å². The minimum absolute atomic E-state index is 0.0701. The number of carbonyl (C=O) groups excluding carboxylic acids is 1. The van der Waals surface area contributed by atoms with E-state index in [-0.39, 0.29) is 17.2 Å². The van der Waals surface area contributed by atoms with Crippen LogP contribution in [0.1, 0.15) is 18.4 Å². The Hall–Kier alpha value is -0.970. The van der Waals surface area contributed by atoms with Gasteiger partial charge in [-0.1, -0.05) is 17.7 Å². The Kier molecular flexibility index (Phi) is 4.00. The molecule has 0 aromatic heterocycles. The van der Waals surface area contributed by atoms with Gasteiger partial charge in [0.05, 0.1) is 5.54 Å². The van der Waals surface area contributed by atoms with Crippen LogP contribution in [0.25, 0.3) is 0 Å². The molecule has 1 aliphatic heterocycles. The van der Waals surface area contributed by atoms with Crippen LogP contribution in [0.15, 0.2) is 18.2 Å². The highest BCUT2D eigenvalue weighted by Gasteiger charge is 2.35. The summed E-state index contributed by atoms with van der Waals surface area (Å²) in [6.45, 7) is 0.999. The molecule has 0 saturated carbocycles. The zero-order valence-corrected chi connectivity index (χ0v) is 10.7. The summed E-state index contributed by atoms with van der Waals surface area (Å²) in [5, 5.41) is 0.263. The van der Waals surface area contributed by atoms with Crippen molar-refractivity contribution in [2.45, 2.75) is 24.8 Å². The molecule has 1 aliphatic rings. The zero-order chi connectivity index (χ0) is 13.2. The molecule has 18 heavy (non-hydrogen) atoms. The van der Waals surface area contributed by atoms with Gasteiger partial charge < -0.3 is 10.5 Å². The molecule has 3 nitrogen and oxygen atoms in total. The number of benzene rings is 1. The first-order valence-electron chi connectivity index (χ1n) is 5.85. The second kappa shape index (κ2) is 5.34. The van der Waals surface area contributed by atoms with E-state index >= 15 is 0 Å². The smallest absolute Gasteiger partial charge is 0.157 e. The van der Waals surface area contributed by atoms with Crippen molar-refractivity contribution in [3.8, 4) is 0 Å². The minimum Gasteiger partial charge on any atom is -0.381 e. The molecule has 0 aliphatic carbocycles. The lowest BCUT2D eigenvalue weighted by molar-refractivity contribution is -0.126. The van der Waals surface area contributed by atoms with Crippen LogP contribution in [0.5, 0.6) is 0 Å². The van der Waals surface area contributed by atoms with E-state index in [4.69, 9.17) is 22.1 Å². The lowest BCUT2D eigenvalue weighted by Gasteiger charge is -2.31. The summed E-state index contributed by atoms with van der Waals surface area (Å²) in [5.74, 6) is -0.482. The standard InChI is InChI=1S/C13H15ClFNO2/c14-11-8-10(15)2-1-9(11)7-12(17)13(16)3-5-18-6-4-13/h1-2,8H,3-7,16H2. The molecule has 98 valence electrons. The van der Waals surface area contributed by atoms with Crippen LogP contribution in [0.4, 0.5) is 4.39 Å². The largest absolute Gasteiger partial charge is 0.381 e. The van der Waals surface area contributed by atoms with Crippen LogP contribution in [0, 0.1) is 5.82 Å². The maximum Gasteiger partial charge on any atom is 0.157 e. The van der Waals surface area contributed by atoms with E-state index in [1.54, 1.807) is 0 Å². The lowest BCUT2D eigenvalue weighted by atomic mass is 9.84. The number of carbonyl (C=O) groups is 1. The number of Topliss-reactive ketones (excluding diaryl/α,β-unsaturated/α-hetero) is 1. The predicted octanol–water partition coefficient (Wildman–Crippen LogP) is 2.10. The third kappa shape index (κ3) is 2.88. The summed E-state index contributed by atoms with van der Waals surface area (Å²) in [7, 11) is 0. The third-order valence-corrected chi connectivity index (χ3v) is 3.66. The number of nitrogens with two attached hydrogens (primary N) is 1. The van der Waals surface area contributed by atoms with Gasteiger partial charge in [-0.05, 0) is 30.5 Å². The molecule has 2 rings (SSSR count). The van der Waals surface area contributed by atoms with E-state index in [2.05, 4.69) is 0 Å². The summed E-state index contributed by atoms with van der Waals surface area (Å²) < 4.78 is 18.1. The molecule has 0 spiro atoms. The summed E-state index contributed by atoms with van der Waals surface area (Å²) >= 11 is 5.90. The maximum absolute atomic E-state index is 12.9. The molecule has 1 aromatic rings. The van der Waals surface area contributed by atoms with Crippen molar-refractivity contribution < 1.29 is 13.9 Å². The van der Waals surface area contributed by atoms with Crippen LogP contribution in [0.2, 0.25) is 5.02 Å². The van der Waals surface area contributed by atoms with Crippen LogP contribution in [-0.4, -0.2) is 24.5 Å². The molecule has 0 atom stereocenters. The van der Waals surface area contributed by atoms with Gasteiger partial charge in [0.15, 0.2) is 5.78 Å². The van der Waals surface area contributed by atoms with Gasteiger partial charge in [0.1, 0.15) is 5.82 Å². The number of halogens is 2. The zero-order valence-electron chi connectivity index (χ0n) is 9.92. The maximum atomic E-state index is 12.9. The van der Waals surface area contributed by atoms with Crippen molar-refractivity contribution in [1.29, 1.82) is 0 Å². The molecule has 0 unspecified atom stereocenters. The van der Waals surface area contributed by atoms with E-state index in [1.165, 1.54) is 18.2 Å². The lowest BCUT2D eigenvalue weighted by Crippen LogP contribution is -2.52. The normalized spacial score (nSPS) is 18.6. The van der Waals surface area contributed by atoms with E-state index < -0.39 is 11.4 Å². The highest BCUT2D eigenvalue weighted by atomic mass is 35.5. The molecule has 1 saturated heterocycles. The quantitative estimate of drug-likeness (QED) is 0.916. The Morgan fingerprint density at radius 2 is 2.11 bits per heavy atom. The van der Waals surface area contributed by atoms with Gasteiger partial charge in [0, 0.05) is 24.7 Å². The molecule has 0 bridgehead atoms. The highest BCUT2D eigenvalue weighted by Crippen LogP contribution is 2.24. The average molecular weight is 272 g/mol. The molecular formula is C13H15ClFNO2. The summed E-state index contributed by atoms with van der Waals surface area (Å²) in [5.41, 5.74) is 5.86. The van der Waals surface area contributed by atoms with Crippen LogP contribution >= 0.6 is 11.6 Å².